The van der Waals surface area contributed by atoms with Gasteiger partial charge in [-0.3, -0.25) is 14.5 Å². The minimum absolute atomic E-state index is 0.113. The SMILES string of the molecule is CCCNC(=O)CN1CC(C(=O)O)C(c2ccc3c(c2)OCO3)(c2ccccc2OC)C1. The number of amides is 1. The fourth-order valence-corrected chi connectivity index (χ4v) is 4.78. The standard InChI is InChI=1S/C24H28N2O6/c1-3-10-25-22(27)13-26-12-18(23(28)29)24(14-26,17-6-4-5-7-19(17)30-2)16-8-9-20-21(11-16)32-15-31-20/h4-9,11,18H,3,10,12-15H2,1-2H3,(H,25,27)(H,28,29). The normalized spacial score (nSPS) is 22.0. The van der Waals surface area contributed by atoms with Crippen LogP contribution in [-0.4, -0.2) is 62.0 Å². The average molecular weight is 440 g/mol. The molecule has 1 saturated heterocycles. The van der Waals surface area contributed by atoms with Gasteiger partial charge in [0.15, 0.2) is 11.5 Å². The van der Waals surface area contributed by atoms with Crippen molar-refractivity contribution >= 4 is 11.9 Å². The number of benzene rings is 2. The van der Waals surface area contributed by atoms with E-state index in [1.807, 2.05) is 54.3 Å². The molecule has 8 nitrogen and oxygen atoms in total. The summed E-state index contributed by atoms with van der Waals surface area (Å²) >= 11 is 0. The Balaban J connectivity index is 1.82. The Morgan fingerprint density at radius 3 is 2.75 bits per heavy atom. The number of carbonyl (C=O) groups is 2. The zero-order valence-electron chi connectivity index (χ0n) is 18.3. The lowest BCUT2D eigenvalue weighted by Crippen LogP contribution is -2.41. The highest BCUT2D eigenvalue weighted by Gasteiger charge is 2.54. The molecular formula is C24H28N2O6. The molecule has 2 atom stereocenters. The first-order valence-electron chi connectivity index (χ1n) is 10.7. The van der Waals surface area contributed by atoms with E-state index in [9.17, 15) is 14.7 Å². The number of likely N-dealkylation sites (tertiary alicyclic amines) is 1. The van der Waals surface area contributed by atoms with Gasteiger partial charge < -0.3 is 24.6 Å². The topological polar surface area (TPSA) is 97.3 Å². The van der Waals surface area contributed by atoms with E-state index < -0.39 is 17.3 Å². The van der Waals surface area contributed by atoms with Gasteiger partial charge in [0.1, 0.15) is 5.75 Å². The van der Waals surface area contributed by atoms with Gasteiger partial charge in [-0.15, -0.1) is 0 Å². The first-order valence-corrected chi connectivity index (χ1v) is 10.7. The van der Waals surface area contributed by atoms with Gasteiger partial charge in [-0.1, -0.05) is 31.2 Å². The molecule has 0 spiro atoms. The van der Waals surface area contributed by atoms with Crippen molar-refractivity contribution in [3.63, 3.8) is 0 Å². The Kier molecular flexibility index (Phi) is 6.23. The molecule has 1 fully saturated rings. The number of hydrogen-bond donors (Lipinski definition) is 2. The average Bonchev–Trinajstić information content (AvgIpc) is 3.42. The number of fused-ring (bicyclic) bond motifs is 1. The number of carboxylic acid groups (broad SMARTS) is 1. The number of aliphatic carboxylic acids is 1. The molecular weight excluding hydrogens is 412 g/mol. The maximum atomic E-state index is 12.6. The van der Waals surface area contributed by atoms with Gasteiger partial charge in [-0.05, 0) is 30.2 Å². The number of rotatable bonds is 8. The molecule has 2 aliphatic rings. The highest BCUT2D eigenvalue weighted by atomic mass is 16.7. The summed E-state index contributed by atoms with van der Waals surface area (Å²) in [6.07, 6.45) is 0.839. The summed E-state index contributed by atoms with van der Waals surface area (Å²) in [6, 6.07) is 13.0. The zero-order chi connectivity index (χ0) is 22.7. The van der Waals surface area contributed by atoms with E-state index in [0.717, 1.165) is 17.5 Å². The molecule has 0 radical (unpaired) electrons. The molecule has 4 rings (SSSR count). The fourth-order valence-electron chi connectivity index (χ4n) is 4.78. The second-order valence-corrected chi connectivity index (χ2v) is 8.15. The van der Waals surface area contributed by atoms with Crippen molar-refractivity contribution in [2.75, 3.05) is 40.1 Å². The van der Waals surface area contributed by atoms with Gasteiger partial charge in [0.05, 0.1) is 25.0 Å². The van der Waals surface area contributed by atoms with Gasteiger partial charge >= 0.3 is 5.97 Å². The summed E-state index contributed by atoms with van der Waals surface area (Å²) in [4.78, 5) is 26.9. The molecule has 0 aromatic heterocycles. The summed E-state index contributed by atoms with van der Waals surface area (Å²) in [5.41, 5.74) is 0.616. The number of nitrogens with zero attached hydrogens (tertiary/aromatic N) is 1. The second kappa shape index (κ2) is 9.08. The van der Waals surface area contributed by atoms with Crippen LogP contribution in [0.25, 0.3) is 0 Å². The van der Waals surface area contributed by atoms with Crippen LogP contribution in [0.2, 0.25) is 0 Å². The Bertz CT molecular complexity index is 1010. The summed E-state index contributed by atoms with van der Waals surface area (Å²) in [5, 5.41) is 13.2. The van der Waals surface area contributed by atoms with Crippen molar-refractivity contribution in [1.29, 1.82) is 0 Å². The Morgan fingerprint density at radius 2 is 2.00 bits per heavy atom. The maximum Gasteiger partial charge on any atom is 0.309 e. The zero-order valence-corrected chi connectivity index (χ0v) is 18.3. The molecule has 32 heavy (non-hydrogen) atoms. The van der Waals surface area contributed by atoms with Crippen molar-refractivity contribution in [3.8, 4) is 17.2 Å². The van der Waals surface area contributed by atoms with E-state index in [-0.39, 0.29) is 25.8 Å². The second-order valence-electron chi connectivity index (χ2n) is 8.15. The third-order valence-electron chi connectivity index (χ3n) is 6.22. The largest absolute Gasteiger partial charge is 0.496 e. The molecule has 0 aliphatic carbocycles. The van der Waals surface area contributed by atoms with Crippen LogP contribution in [0, 0.1) is 5.92 Å². The van der Waals surface area contributed by atoms with Crippen LogP contribution in [0.3, 0.4) is 0 Å². The predicted octanol–water partition coefficient (Wildman–Crippen LogP) is 2.25. The lowest BCUT2D eigenvalue weighted by Gasteiger charge is -2.35. The molecule has 2 aromatic carbocycles. The summed E-state index contributed by atoms with van der Waals surface area (Å²) in [5.74, 6) is -0.0148. The lowest BCUT2D eigenvalue weighted by molar-refractivity contribution is -0.142. The number of hydrogen-bond acceptors (Lipinski definition) is 6. The summed E-state index contributed by atoms with van der Waals surface area (Å²) in [6.45, 7) is 3.43. The molecule has 2 unspecified atom stereocenters. The first-order chi connectivity index (χ1) is 15.5. The van der Waals surface area contributed by atoms with Crippen molar-refractivity contribution in [3.05, 3.63) is 53.6 Å². The lowest BCUT2D eigenvalue weighted by atomic mass is 9.67. The number of nitrogens with one attached hydrogen (secondary N) is 1. The van der Waals surface area contributed by atoms with E-state index in [1.165, 1.54) is 0 Å². The van der Waals surface area contributed by atoms with E-state index in [0.29, 0.717) is 30.3 Å². The third-order valence-corrected chi connectivity index (χ3v) is 6.22. The van der Waals surface area contributed by atoms with Crippen LogP contribution in [0.5, 0.6) is 17.2 Å². The Morgan fingerprint density at radius 1 is 1.22 bits per heavy atom. The van der Waals surface area contributed by atoms with Crippen LogP contribution < -0.4 is 19.5 Å². The van der Waals surface area contributed by atoms with Gasteiger partial charge in [0.25, 0.3) is 0 Å². The van der Waals surface area contributed by atoms with E-state index in [1.54, 1.807) is 7.11 Å². The molecule has 170 valence electrons. The minimum atomic E-state index is -0.940. The van der Waals surface area contributed by atoms with Crippen molar-refractivity contribution in [2.45, 2.75) is 18.8 Å². The fraction of sp³-hybridized carbons (Fsp3) is 0.417. The van der Waals surface area contributed by atoms with Crippen LogP contribution in [0.1, 0.15) is 24.5 Å². The van der Waals surface area contributed by atoms with Crippen molar-refractivity contribution in [1.82, 2.24) is 10.2 Å². The van der Waals surface area contributed by atoms with Crippen molar-refractivity contribution < 1.29 is 28.9 Å². The molecule has 2 N–H and O–H groups in total. The molecule has 0 bridgehead atoms. The molecule has 2 aliphatic heterocycles. The van der Waals surface area contributed by atoms with Gasteiger partial charge in [0, 0.05) is 25.2 Å². The molecule has 2 aromatic rings. The first kappa shape index (κ1) is 22.0. The predicted molar refractivity (Wildman–Crippen MR) is 117 cm³/mol. The summed E-state index contributed by atoms with van der Waals surface area (Å²) in [7, 11) is 1.58. The summed E-state index contributed by atoms with van der Waals surface area (Å²) < 4.78 is 16.7. The smallest absolute Gasteiger partial charge is 0.309 e. The van der Waals surface area contributed by atoms with Crippen LogP contribution in [0.4, 0.5) is 0 Å². The van der Waals surface area contributed by atoms with Crippen LogP contribution >= 0.6 is 0 Å². The number of ether oxygens (including phenoxy) is 3. The van der Waals surface area contributed by atoms with Crippen molar-refractivity contribution in [2.24, 2.45) is 5.92 Å². The molecule has 1 amide bonds. The van der Waals surface area contributed by atoms with Crippen LogP contribution in [0.15, 0.2) is 42.5 Å². The van der Waals surface area contributed by atoms with E-state index >= 15 is 0 Å². The third kappa shape index (κ3) is 3.86. The number of methoxy groups -OCH3 is 1. The minimum Gasteiger partial charge on any atom is -0.496 e. The van der Waals surface area contributed by atoms with E-state index in [2.05, 4.69) is 5.32 Å². The molecule has 2 heterocycles. The highest BCUT2D eigenvalue weighted by Crippen LogP contribution is 2.50. The van der Waals surface area contributed by atoms with E-state index in [4.69, 9.17) is 14.2 Å². The number of para-hydroxylation sites is 1. The number of carbonyl (C=O) groups excluding carboxylic acids is 1. The highest BCUT2D eigenvalue weighted by molar-refractivity contribution is 5.79. The quantitative estimate of drug-likeness (QED) is 0.650. The van der Waals surface area contributed by atoms with Gasteiger partial charge in [-0.25, -0.2) is 0 Å². The monoisotopic (exact) mass is 440 g/mol. The molecule has 0 saturated carbocycles. The number of carboxylic acids is 1. The van der Waals surface area contributed by atoms with Crippen LogP contribution in [-0.2, 0) is 15.0 Å². The Labute approximate surface area is 187 Å². The maximum absolute atomic E-state index is 12.6. The Hall–Kier alpha value is -3.26. The van der Waals surface area contributed by atoms with Gasteiger partial charge in [-0.2, -0.15) is 0 Å². The van der Waals surface area contributed by atoms with Gasteiger partial charge in [0.2, 0.25) is 12.7 Å². The molecule has 8 heteroatoms.